The average Bonchev–Trinajstić information content (AvgIpc) is 2.38. The maximum atomic E-state index is 11.0. The molecule has 0 aromatic carbocycles. The first kappa shape index (κ1) is 12.5. The molecule has 2 aliphatic rings. The lowest BCUT2D eigenvalue weighted by Gasteiger charge is -2.15. The smallest absolute Gasteiger partial charge is 0.356 e. The Balaban J connectivity index is 1.94. The third-order valence-corrected chi connectivity index (χ3v) is 2.74. The fourth-order valence-electron chi connectivity index (χ4n) is 1.75. The number of rotatable bonds is 4. The van der Waals surface area contributed by atoms with E-state index in [1.807, 2.05) is 12.3 Å². The largest absolute Gasteiger partial charge is 0.476 e. The van der Waals surface area contributed by atoms with Crippen molar-refractivity contribution in [3.8, 4) is 0 Å². The summed E-state index contributed by atoms with van der Waals surface area (Å²) < 4.78 is 0. The second-order valence-corrected chi connectivity index (χ2v) is 4.30. The van der Waals surface area contributed by atoms with E-state index in [1.165, 1.54) is 0 Å². The van der Waals surface area contributed by atoms with E-state index in [0.29, 0.717) is 31.3 Å². The first-order chi connectivity index (χ1) is 8.66. The van der Waals surface area contributed by atoms with Gasteiger partial charge in [0.25, 0.3) is 0 Å². The molecular formula is C12H16N4O2. The van der Waals surface area contributed by atoms with Gasteiger partial charge in [0.05, 0.1) is 25.3 Å². The summed E-state index contributed by atoms with van der Waals surface area (Å²) in [6, 6.07) is 0. The molecule has 6 nitrogen and oxygen atoms in total. The van der Waals surface area contributed by atoms with Gasteiger partial charge in [0.1, 0.15) is 5.82 Å². The molecule has 6 heteroatoms. The molecule has 0 aromatic heterocycles. The van der Waals surface area contributed by atoms with Gasteiger partial charge in [-0.05, 0) is 18.4 Å². The van der Waals surface area contributed by atoms with Gasteiger partial charge >= 0.3 is 5.97 Å². The predicted octanol–water partition coefficient (Wildman–Crippen LogP) is 0.508. The quantitative estimate of drug-likeness (QED) is 0.760. The first-order valence-corrected chi connectivity index (χ1v) is 5.96. The molecule has 1 atom stereocenters. The lowest BCUT2D eigenvalue weighted by molar-refractivity contribution is -0.129. The maximum Gasteiger partial charge on any atom is 0.356 e. The summed E-state index contributed by atoms with van der Waals surface area (Å²) in [5.41, 5.74) is 0.547. The number of nitrogens with zero attached hydrogens (tertiary/aromatic N) is 3. The van der Waals surface area contributed by atoms with E-state index in [4.69, 9.17) is 5.11 Å². The van der Waals surface area contributed by atoms with E-state index >= 15 is 0 Å². The molecule has 0 saturated heterocycles. The minimum Gasteiger partial charge on any atom is -0.476 e. The Labute approximate surface area is 105 Å². The topological polar surface area (TPSA) is 86.4 Å². The SMILES string of the molecule is CC1C=NC(NCC2=NCCN=C2C(=O)O)=CC1. The minimum atomic E-state index is -1.02. The molecule has 0 saturated carbocycles. The number of allylic oxidation sites excluding steroid dienone is 1. The molecule has 0 fully saturated rings. The number of nitrogens with one attached hydrogen (secondary N) is 1. The third kappa shape index (κ3) is 3.03. The highest BCUT2D eigenvalue weighted by molar-refractivity contribution is 6.66. The molecule has 0 radical (unpaired) electrons. The van der Waals surface area contributed by atoms with Crippen LogP contribution < -0.4 is 5.32 Å². The van der Waals surface area contributed by atoms with Crippen LogP contribution in [0.1, 0.15) is 13.3 Å². The van der Waals surface area contributed by atoms with Crippen molar-refractivity contribution in [3.63, 3.8) is 0 Å². The molecule has 0 amide bonds. The minimum absolute atomic E-state index is 0.0579. The average molecular weight is 248 g/mol. The molecule has 0 spiro atoms. The predicted molar refractivity (Wildman–Crippen MR) is 70.6 cm³/mol. The van der Waals surface area contributed by atoms with Crippen molar-refractivity contribution in [1.82, 2.24) is 5.32 Å². The lowest BCUT2D eigenvalue weighted by Crippen LogP contribution is -2.35. The number of aliphatic carboxylic acids is 1. The van der Waals surface area contributed by atoms with Crippen molar-refractivity contribution in [2.45, 2.75) is 13.3 Å². The summed E-state index contributed by atoms with van der Waals surface area (Å²) in [6.45, 7) is 3.44. The van der Waals surface area contributed by atoms with Crippen LogP contribution in [-0.2, 0) is 4.79 Å². The highest BCUT2D eigenvalue weighted by Crippen LogP contribution is 2.09. The van der Waals surface area contributed by atoms with Gasteiger partial charge in [0.15, 0.2) is 5.71 Å². The van der Waals surface area contributed by atoms with Gasteiger partial charge < -0.3 is 10.4 Å². The van der Waals surface area contributed by atoms with Crippen molar-refractivity contribution < 1.29 is 9.90 Å². The molecule has 0 bridgehead atoms. The number of hydrogen-bond donors (Lipinski definition) is 2. The van der Waals surface area contributed by atoms with E-state index in [9.17, 15) is 4.79 Å². The van der Waals surface area contributed by atoms with Crippen molar-refractivity contribution in [3.05, 3.63) is 11.9 Å². The molecule has 2 rings (SSSR count). The standard InChI is InChI=1S/C12H16N4O2/c1-8-2-3-10(15-6-8)16-7-9-11(12(17)18)14-5-4-13-9/h3,6,8,16H,2,4-5,7H2,1H3,(H,17,18). The van der Waals surface area contributed by atoms with Crippen LogP contribution in [0.5, 0.6) is 0 Å². The summed E-state index contributed by atoms with van der Waals surface area (Å²) in [4.78, 5) is 23.4. The second-order valence-electron chi connectivity index (χ2n) is 4.30. The molecular weight excluding hydrogens is 232 g/mol. The van der Waals surface area contributed by atoms with E-state index < -0.39 is 5.97 Å². The van der Waals surface area contributed by atoms with Gasteiger partial charge in [-0.1, -0.05) is 6.92 Å². The van der Waals surface area contributed by atoms with Crippen LogP contribution in [0, 0.1) is 5.92 Å². The van der Waals surface area contributed by atoms with Crippen LogP contribution >= 0.6 is 0 Å². The van der Waals surface area contributed by atoms with E-state index in [0.717, 1.165) is 12.2 Å². The third-order valence-electron chi connectivity index (χ3n) is 2.74. The zero-order chi connectivity index (χ0) is 13.0. The Morgan fingerprint density at radius 3 is 2.94 bits per heavy atom. The molecule has 2 N–H and O–H groups in total. The number of carboxylic acids is 1. The van der Waals surface area contributed by atoms with Gasteiger partial charge in [0, 0.05) is 6.21 Å². The van der Waals surface area contributed by atoms with Gasteiger partial charge in [0.2, 0.25) is 0 Å². The molecule has 2 heterocycles. The van der Waals surface area contributed by atoms with Crippen LogP contribution in [-0.4, -0.2) is 48.3 Å². The van der Waals surface area contributed by atoms with E-state index in [2.05, 4.69) is 27.2 Å². The van der Waals surface area contributed by atoms with E-state index in [-0.39, 0.29) is 5.71 Å². The Morgan fingerprint density at radius 1 is 1.50 bits per heavy atom. The number of carbonyl (C=O) groups is 1. The molecule has 1 unspecified atom stereocenters. The highest BCUT2D eigenvalue weighted by Gasteiger charge is 2.19. The molecule has 96 valence electrons. The normalized spacial score (nSPS) is 22.9. The zero-order valence-corrected chi connectivity index (χ0v) is 10.3. The zero-order valence-electron chi connectivity index (χ0n) is 10.3. The van der Waals surface area contributed by atoms with E-state index in [1.54, 1.807) is 0 Å². The molecule has 0 aliphatic carbocycles. The molecule has 2 aliphatic heterocycles. The van der Waals surface area contributed by atoms with Gasteiger partial charge in [-0.15, -0.1) is 0 Å². The van der Waals surface area contributed by atoms with Gasteiger partial charge in [-0.2, -0.15) is 0 Å². The van der Waals surface area contributed by atoms with Crippen molar-refractivity contribution in [1.29, 1.82) is 0 Å². The summed E-state index contributed by atoms with van der Waals surface area (Å²) in [6.07, 6.45) is 4.83. The summed E-state index contributed by atoms with van der Waals surface area (Å²) in [5, 5.41) is 12.1. The number of carboxylic acid groups (broad SMARTS) is 1. The van der Waals surface area contributed by atoms with Crippen molar-refractivity contribution in [2.24, 2.45) is 20.9 Å². The summed E-state index contributed by atoms with van der Waals surface area (Å²) >= 11 is 0. The van der Waals surface area contributed by atoms with Crippen molar-refractivity contribution in [2.75, 3.05) is 19.6 Å². The summed E-state index contributed by atoms with van der Waals surface area (Å²) in [7, 11) is 0. The molecule has 0 aromatic rings. The van der Waals surface area contributed by atoms with Crippen LogP contribution in [0.2, 0.25) is 0 Å². The number of hydrogen-bond acceptors (Lipinski definition) is 5. The van der Waals surface area contributed by atoms with Crippen LogP contribution in [0.25, 0.3) is 0 Å². The van der Waals surface area contributed by atoms with Crippen LogP contribution in [0.15, 0.2) is 26.9 Å². The van der Waals surface area contributed by atoms with Crippen LogP contribution in [0.4, 0.5) is 0 Å². The van der Waals surface area contributed by atoms with Gasteiger partial charge in [-0.3, -0.25) is 9.98 Å². The Bertz CT molecular complexity index is 463. The maximum absolute atomic E-state index is 11.0. The highest BCUT2D eigenvalue weighted by atomic mass is 16.4. The molecule has 18 heavy (non-hydrogen) atoms. The Morgan fingerprint density at radius 2 is 2.28 bits per heavy atom. The first-order valence-electron chi connectivity index (χ1n) is 5.96. The van der Waals surface area contributed by atoms with Gasteiger partial charge in [-0.25, -0.2) is 9.79 Å². The lowest BCUT2D eigenvalue weighted by atomic mass is 10.1. The Kier molecular flexibility index (Phi) is 3.86. The monoisotopic (exact) mass is 248 g/mol. The fourth-order valence-corrected chi connectivity index (χ4v) is 1.75. The van der Waals surface area contributed by atoms with Crippen molar-refractivity contribution >= 4 is 23.6 Å². The second kappa shape index (κ2) is 5.57. The fraction of sp³-hybridized carbons (Fsp3) is 0.500. The van der Waals surface area contributed by atoms with Crippen LogP contribution in [0.3, 0.4) is 0 Å². The Hall–Kier alpha value is -1.98. The number of aliphatic imine (C=N–C) groups is 3. The summed E-state index contributed by atoms with van der Waals surface area (Å²) in [5.74, 6) is 0.204.